The molecule has 0 aliphatic carbocycles. The van der Waals surface area contributed by atoms with Crippen molar-refractivity contribution in [2.45, 2.75) is 31.7 Å². The number of hydrogen-bond acceptors (Lipinski definition) is 6. The van der Waals surface area contributed by atoms with Crippen LogP contribution in [0.25, 0.3) is 0 Å². The molecule has 1 unspecified atom stereocenters. The summed E-state index contributed by atoms with van der Waals surface area (Å²) >= 11 is 0. The molecule has 1 aliphatic heterocycles. The summed E-state index contributed by atoms with van der Waals surface area (Å²) in [6.45, 7) is 7.85. The van der Waals surface area contributed by atoms with Crippen LogP contribution in [-0.4, -0.2) is 64.1 Å². The molecule has 26 heavy (non-hydrogen) atoms. The third-order valence-electron chi connectivity index (χ3n) is 4.07. The first-order valence-corrected chi connectivity index (χ1v) is 10.3. The van der Waals surface area contributed by atoms with Crippen molar-refractivity contribution < 1.29 is 22.7 Å². The van der Waals surface area contributed by atoms with Gasteiger partial charge in [0, 0.05) is 25.3 Å². The molecular formula is C17H27N3O5S. The van der Waals surface area contributed by atoms with Crippen LogP contribution in [0.5, 0.6) is 5.75 Å². The molecule has 0 bridgehead atoms. The number of nitrogens with zero attached hydrogens (tertiary/aromatic N) is 1. The molecule has 0 saturated carbocycles. The van der Waals surface area contributed by atoms with Crippen molar-refractivity contribution in [1.82, 2.24) is 9.62 Å². The Kier molecular flexibility index (Phi) is 7.39. The van der Waals surface area contributed by atoms with Gasteiger partial charge >= 0.3 is 0 Å². The summed E-state index contributed by atoms with van der Waals surface area (Å²) in [7, 11) is -3.72. The van der Waals surface area contributed by atoms with E-state index < -0.39 is 16.1 Å². The number of anilines is 1. The Morgan fingerprint density at radius 1 is 1.35 bits per heavy atom. The van der Waals surface area contributed by atoms with E-state index in [9.17, 15) is 13.2 Å². The smallest absolute Gasteiger partial charge is 0.246 e. The number of morpholine rings is 1. The summed E-state index contributed by atoms with van der Waals surface area (Å²) in [5.41, 5.74) is 0.400. The number of sulfonamides is 1. The fourth-order valence-corrected chi connectivity index (χ4v) is 4.34. The van der Waals surface area contributed by atoms with Crippen LogP contribution in [0.2, 0.25) is 0 Å². The monoisotopic (exact) mass is 385 g/mol. The number of carbonyl (C=O) groups excluding carboxylic acids is 1. The van der Waals surface area contributed by atoms with Gasteiger partial charge < -0.3 is 20.1 Å². The first kappa shape index (κ1) is 20.6. The first-order chi connectivity index (χ1) is 12.4. The van der Waals surface area contributed by atoms with E-state index in [4.69, 9.17) is 9.47 Å². The van der Waals surface area contributed by atoms with Crippen molar-refractivity contribution in [2.75, 3.05) is 44.8 Å². The van der Waals surface area contributed by atoms with Gasteiger partial charge in [0.05, 0.1) is 19.8 Å². The molecule has 1 amide bonds. The number of nitrogens with one attached hydrogen (secondary N) is 2. The summed E-state index contributed by atoms with van der Waals surface area (Å²) in [6.07, 6.45) is 0. The molecular weight excluding hydrogens is 358 g/mol. The molecule has 8 nitrogen and oxygen atoms in total. The molecule has 2 rings (SSSR count). The van der Waals surface area contributed by atoms with Gasteiger partial charge in [0.25, 0.3) is 0 Å². The SMILES string of the molecule is CCOc1ccc(NC(=O)C2COCCN2)cc1S(=O)(=O)N(CC)CC. The van der Waals surface area contributed by atoms with Crippen LogP contribution >= 0.6 is 0 Å². The Bertz CT molecular complexity index is 713. The first-order valence-electron chi connectivity index (χ1n) is 8.83. The van der Waals surface area contributed by atoms with Gasteiger partial charge in [-0.1, -0.05) is 13.8 Å². The summed E-state index contributed by atoms with van der Waals surface area (Å²) in [5, 5.41) is 5.81. The van der Waals surface area contributed by atoms with E-state index >= 15 is 0 Å². The van der Waals surface area contributed by atoms with Gasteiger partial charge in [0.1, 0.15) is 16.7 Å². The van der Waals surface area contributed by atoms with Crippen molar-refractivity contribution in [3.63, 3.8) is 0 Å². The van der Waals surface area contributed by atoms with Crippen molar-refractivity contribution in [3.8, 4) is 5.75 Å². The average Bonchev–Trinajstić information content (AvgIpc) is 2.64. The fourth-order valence-electron chi connectivity index (χ4n) is 2.73. The van der Waals surface area contributed by atoms with Gasteiger partial charge in [-0.05, 0) is 25.1 Å². The maximum Gasteiger partial charge on any atom is 0.246 e. The van der Waals surface area contributed by atoms with Gasteiger partial charge in [-0.3, -0.25) is 4.79 Å². The number of carbonyl (C=O) groups is 1. The van der Waals surface area contributed by atoms with Crippen molar-refractivity contribution in [2.24, 2.45) is 0 Å². The average molecular weight is 385 g/mol. The minimum Gasteiger partial charge on any atom is -0.492 e. The van der Waals surface area contributed by atoms with Gasteiger partial charge in [0.2, 0.25) is 15.9 Å². The zero-order chi connectivity index (χ0) is 19.2. The largest absolute Gasteiger partial charge is 0.492 e. The molecule has 0 aromatic heterocycles. The van der Waals surface area contributed by atoms with Crippen LogP contribution in [0.1, 0.15) is 20.8 Å². The molecule has 1 saturated heterocycles. The van der Waals surface area contributed by atoms with E-state index in [0.717, 1.165) is 0 Å². The Morgan fingerprint density at radius 2 is 2.08 bits per heavy atom. The Morgan fingerprint density at radius 3 is 2.65 bits per heavy atom. The molecule has 1 aromatic rings. The molecule has 9 heteroatoms. The van der Waals surface area contributed by atoms with Crippen molar-refractivity contribution in [3.05, 3.63) is 18.2 Å². The maximum absolute atomic E-state index is 12.9. The van der Waals surface area contributed by atoms with Crippen LogP contribution < -0.4 is 15.4 Å². The van der Waals surface area contributed by atoms with Gasteiger partial charge in [-0.25, -0.2) is 8.42 Å². The Labute approximate surface area is 154 Å². The fraction of sp³-hybridized carbons (Fsp3) is 0.588. The van der Waals surface area contributed by atoms with Crippen LogP contribution in [0.4, 0.5) is 5.69 Å². The highest BCUT2D eigenvalue weighted by Gasteiger charge is 2.27. The lowest BCUT2D eigenvalue weighted by atomic mass is 10.2. The van der Waals surface area contributed by atoms with E-state index in [1.807, 2.05) is 0 Å². The topological polar surface area (TPSA) is 97.0 Å². The predicted octanol–water partition coefficient (Wildman–Crippen LogP) is 1.04. The number of rotatable bonds is 8. The molecule has 1 heterocycles. The van der Waals surface area contributed by atoms with E-state index in [-0.39, 0.29) is 23.2 Å². The van der Waals surface area contributed by atoms with Crippen LogP contribution in [0.15, 0.2) is 23.1 Å². The summed E-state index contributed by atoms with van der Waals surface area (Å²) in [4.78, 5) is 12.4. The minimum absolute atomic E-state index is 0.0497. The molecule has 0 spiro atoms. The number of benzene rings is 1. The van der Waals surface area contributed by atoms with Crippen molar-refractivity contribution in [1.29, 1.82) is 0 Å². The second-order valence-corrected chi connectivity index (χ2v) is 7.66. The maximum atomic E-state index is 12.9. The molecule has 2 N–H and O–H groups in total. The van der Waals surface area contributed by atoms with Crippen LogP contribution in [0, 0.1) is 0 Å². The second-order valence-electron chi connectivity index (χ2n) is 5.75. The van der Waals surface area contributed by atoms with Crippen LogP contribution in [-0.2, 0) is 19.6 Å². The van der Waals surface area contributed by atoms with Gasteiger partial charge in [-0.2, -0.15) is 4.31 Å². The third-order valence-corrected chi connectivity index (χ3v) is 6.14. The number of ether oxygens (including phenoxy) is 2. The van der Waals surface area contributed by atoms with Crippen molar-refractivity contribution >= 4 is 21.6 Å². The predicted molar refractivity (Wildman–Crippen MR) is 99.0 cm³/mol. The van der Waals surface area contributed by atoms with Gasteiger partial charge in [-0.15, -0.1) is 0 Å². The van der Waals surface area contributed by atoms with E-state index in [2.05, 4.69) is 10.6 Å². The summed E-state index contributed by atoms with van der Waals surface area (Å²) in [5.74, 6) is 0.0107. The lowest BCUT2D eigenvalue weighted by molar-refractivity contribution is -0.120. The number of hydrogen-bond donors (Lipinski definition) is 2. The van der Waals surface area contributed by atoms with E-state index in [1.165, 1.54) is 10.4 Å². The standard InChI is InChI=1S/C17H27N3O5S/c1-4-20(5-2)26(22,23)16-11-13(7-8-15(16)25-6-3)19-17(21)14-12-24-10-9-18-14/h7-8,11,14,18H,4-6,9-10,12H2,1-3H3,(H,19,21). The summed E-state index contributed by atoms with van der Waals surface area (Å²) in [6, 6.07) is 4.19. The molecule has 1 fully saturated rings. The Hall–Kier alpha value is -1.68. The van der Waals surface area contributed by atoms with Crippen LogP contribution in [0.3, 0.4) is 0 Å². The molecule has 0 radical (unpaired) electrons. The summed E-state index contributed by atoms with van der Waals surface area (Å²) < 4.78 is 38.0. The highest BCUT2D eigenvalue weighted by molar-refractivity contribution is 7.89. The normalized spacial score (nSPS) is 17.9. The molecule has 1 aliphatic rings. The van der Waals surface area contributed by atoms with E-state index in [1.54, 1.807) is 32.9 Å². The molecule has 146 valence electrons. The lowest BCUT2D eigenvalue weighted by Crippen LogP contribution is -2.48. The third kappa shape index (κ3) is 4.73. The molecule has 1 aromatic carbocycles. The zero-order valence-electron chi connectivity index (χ0n) is 15.4. The van der Waals surface area contributed by atoms with Gasteiger partial charge in [0.15, 0.2) is 0 Å². The minimum atomic E-state index is -3.72. The second kappa shape index (κ2) is 9.31. The molecule has 1 atom stereocenters. The highest BCUT2D eigenvalue weighted by Crippen LogP contribution is 2.30. The quantitative estimate of drug-likeness (QED) is 0.694. The highest BCUT2D eigenvalue weighted by atomic mass is 32.2. The van der Waals surface area contributed by atoms with E-state index in [0.29, 0.717) is 38.5 Å². The Balaban J connectivity index is 2.31. The lowest BCUT2D eigenvalue weighted by Gasteiger charge is -2.24. The number of amides is 1. The zero-order valence-corrected chi connectivity index (χ0v) is 16.3.